The average Bonchev–Trinajstić information content (AvgIpc) is 2.38. The van der Waals surface area contributed by atoms with E-state index in [0.717, 1.165) is 10.0 Å². The summed E-state index contributed by atoms with van der Waals surface area (Å²) in [5, 5.41) is 0. The summed E-state index contributed by atoms with van der Waals surface area (Å²) in [6, 6.07) is 4.72. The molecule has 1 atom stereocenters. The predicted octanol–water partition coefficient (Wildman–Crippen LogP) is 2.30. The fraction of sp³-hybridized carbons (Fsp3) is 0.571. The van der Waals surface area contributed by atoms with Crippen LogP contribution in [0.5, 0.6) is 5.75 Å². The molecule has 0 saturated carbocycles. The largest absolute Gasteiger partial charge is 0.490 e. The lowest BCUT2D eigenvalue weighted by Gasteiger charge is -2.30. The Morgan fingerprint density at radius 3 is 2.43 bits per heavy atom. The van der Waals surface area contributed by atoms with Crippen molar-refractivity contribution < 1.29 is 17.9 Å². The van der Waals surface area contributed by atoms with Gasteiger partial charge in [0.15, 0.2) is 9.84 Å². The molecule has 7 heteroatoms. The lowest BCUT2D eigenvalue weighted by Crippen LogP contribution is -2.42. The number of benzene rings is 1. The van der Waals surface area contributed by atoms with Gasteiger partial charge in [-0.25, -0.2) is 8.42 Å². The molecule has 0 amide bonds. The topological polar surface area (TPSA) is 78.6 Å². The van der Waals surface area contributed by atoms with Crippen LogP contribution in [-0.4, -0.2) is 39.7 Å². The van der Waals surface area contributed by atoms with E-state index in [-0.39, 0.29) is 0 Å². The van der Waals surface area contributed by atoms with Gasteiger partial charge in [-0.2, -0.15) is 0 Å². The van der Waals surface area contributed by atoms with Gasteiger partial charge in [0.05, 0.1) is 15.8 Å². The first-order valence-corrected chi connectivity index (χ1v) is 9.16. The molecule has 2 N–H and O–H groups in total. The lowest BCUT2D eigenvalue weighted by molar-refractivity contribution is 0.146. The second-order valence-electron chi connectivity index (χ2n) is 5.38. The Hall–Kier alpha value is -0.630. The second-order valence-corrected chi connectivity index (χ2v) is 8.84. The maximum absolute atomic E-state index is 11.9. The van der Waals surface area contributed by atoms with Crippen LogP contribution in [0, 0.1) is 0 Å². The van der Waals surface area contributed by atoms with Crippen molar-refractivity contribution in [2.45, 2.75) is 24.6 Å². The van der Waals surface area contributed by atoms with E-state index in [1.165, 1.54) is 6.26 Å². The Bertz CT molecular complexity index is 587. The number of methoxy groups -OCH3 is 1. The summed E-state index contributed by atoms with van der Waals surface area (Å²) in [7, 11) is -1.67. The van der Waals surface area contributed by atoms with Gasteiger partial charge in [-0.15, -0.1) is 0 Å². The molecular weight excluding hydrogens is 358 g/mol. The minimum absolute atomic E-state index is 0.440. The zero-order chi connectivity index (χ0) is 16.3. The van der Waals surface area contributed by atoms with Crippen LogP contribution in [-0.2, 0) is 14.6 Å². The summed E-state index contributed by atoms with van der Waals surface area (Å²) in [6.07, 6.45) is 1.20. The van der Waals surface area contributed by atoms with E-state index >= 15 is 0 Å². The molecular formula is C14H22BrNO4S. The summed E-state index contributed by atoms with van der Waals surface area (Å²) in [4.78, 5) is 0. The number of ether oxygens (including phenoxy) is 2. The predicted molar refractivity (Wildman–Crippen MR) is 87.4 cm³/mol. The summed E-state index contributed by atoms with van der Waals surface area (Å²) in [5.41, 5.74) is 6.87. The van der Waals surface area contributed by atoms with Crippen molar-refractivity contribution >= 4 is 25.8 Å². The van der Waals surface area contributed by atoms with Crippen molar-refractivity contribution in [3.8, 4) is 5.75 Å². The molecule has 0 radical (unpaired) electrons. The van der Waals surface area contributed by atoms with E-state index in [2.05, 4.69) is 15.9 Å². The van der Waals surface area contributed by atoms with Crippen LogP contribution in [0.3, 0.4) is 0 Å². The van der Waals surface area contributed by atoms with Crippen molar-refractivity contribution in [3.05, 3.63) is 28.2 Å². The van der Waals surface area contributed by atoms with Gasteiger partial charge >= 0.3 is 0 Å². The van der Waals surface area contributed by atoms with E-state index in [4.69, 9.17) is 15.2 Å². The molecule has 0 fully saturated rings. The molecule has 1 unspecified atom stereocenters. The van der Waals surface area contributed by atoms with Gasteiger partial charge in [0.1, 0.15) is 12.4 Å². The Labute approximate surface area is 134 Å². The number of halogens is 1. The van der Waals surface area contributed by atoms with Crippen LogP contribution >= 0.6 is 15.9 Å². The fourth-order valence-corrected chi connectivity index (χ4v) is 2.80. The highest BCUT2D eigenvalue weighted by atomic mass is 79.9. The van der Waals surface area contributed by atoms with Gasteiger partial charge in [-0.05, 0) is 47.5 Å². The minimum atomic E-state index is -3.28. The smallest absolute Gasteiger partial charge is 0.154 e. The van der Waals surface area contributed by atoms with Crippen molar-refractivity contribution in [2.24, 2.45) is 5.73 Å². The molecule has 120 valence electrons. The van der Waals surface area contributed by atoms with E-state index in [1.807, 2.05) is 0 Å². The molecule has 0 spiro atoms. The van der Waals surface area contributed by atoms with Gasteiger partial charge < -0.3 is 15.2 Å². The normalized spacial score (nSPS) is 14.0. The van der Waals surface area contributed by atoms with Crippen molar-refractivity contribution in [3.63, 3.8) is 0 Å². The number of nitrogens with two attached hydrogens (primary N) is 1. The summed E-state index contributed by atoms with van der Waals surface area (Å²) in [5.74, 6) is 0.667. The number of hydrogen-bond donors (Lipinski definition) is 1. The van der Waals surface area contributed by atoms with Crippen molar-refractivity contribution in [1.82, 2.24) is 0 Å². The van der Waals surface area contributed by atoms with Crippen molar-refractivity contribution in [1.29, 1.82) is 0 Å². The Kier molecular flexibility index (Phi) is 6.22. The van der Waals surface area contributed by atoms with Crippen LogP contribution in [0.1, 0.15) is 25.5 Å². The fourth-order valence-electron chi connectivity index (χ4n) is 1.69. The first-order valence-electron chi connectivity index (χ1n) is 6.47. The van der Waals surface area contributed by atoms with Gasteiger partial charge in [0.2, 0.25) is 0 Å². The van der Waals surface area contributed by atoms with E-state index < -0.39 is 20.6 Å². The molecule has 1 aromatic carbocycles. The molecule has 1 rings (SSSR count). The van der Waals surface area contributed by atoms with Gasteiger partial charge in [0, 0.05) is 19.4 Å². The second kappa shape index (κ2) is 7.09. The highest BCUT2D eigenvalue weighted by Gasteiger charge is 2.37. The third-order valence-electron chi connectivity index (χ3n) is 3.56. The maximum atomic E-state index is 11.9. The molecule has 0 saturated heterocycles. The average molecular weight is 380 g/mol. The molecule has 0 heterocycles. The van der Waals surface area contributed by atoms with Crippen LogP contribution in [0.15, 0.2) is 22.7 Å². The number of rotatable bonds is 7. The number of sulfone groups is 1. The van der Waals surface area contributed by atoms with Crippen LogP contribution in [0.4, 0.5) is 0 Å². The third-order valence-corrected chi connectivity index (χ3v) is 6.35. The zero-order valence-corrected chi connectivity index (χ0v) is 15.1. The molecule has 5 nitrogen and oxygen atoms in total. The highest BCUT2D eigenvalue weighted by molar-refractivity contribution is 9.10. The molecule has 21 heavy (non-hydrogen) atoms. The van der Waals surface area contributed by atoms with E-state index in [1.54, 1.807) is 39.2 Å². The molecule has 0 bridgehead atoms. The first kappa shape index (κ1) is 18.4. The molecule has 0 aliphatic carbocycles. The lowest BCUT2D eigenvalue weighted by atomic mass is 9.96. The summed E-state index contributed by atoms with van der Waals surface area (Å²) < 4.78 is 33.9. The Balaban J connectivity index is 2.98. The Morgan fingerprint density at radius 1 is 1.33 bits per heavy atom. The Morgan fingerprint density at radius 2 is 1.95 bits per heavy atom. The monoisotopic (exact) mass is 379 g/mol. The number of hydrogen-bond acceptors (Lipinski definition) is 5. The maximum Gasteiger partial charge on any atom is 0.154 e. The third kappa shape index (κ3) is 4.42. The van der Waals surface area contributed by atoms with Gasteiger partial charge in [-0.1, -0.05) is 6.07 Å². The van der Waals surface area contributed by atoms with Crippen LogP contribution in [0.2, 0.25) is 0 Å². The molecule has 1 aromatic rings. The summed E-state index contributed by atoms with van der Waals surface area (Å²) in [6.45, 7) is 4.19. The molecule has 0 aliphatic rings. The highest BCUT2D eigenvalue weighted by Crippen LogP contribution is 2.34. The first-order chi connectivity index (χ1) is 9.61. The minimum Gasteiger partial charge on any atom is -0.490 e. The van der Waals surface area contributed by atoms with Crippen LogP contribution < -0.4 is 10.5 Å². The van der Waals surface area contributed by atoms with E-state index in [0.29, 0.717) is 19.0 Å². The van der Waals surface area contributed by atoms with E-state index in [9.17, 15) is 8.42 Å². The zero-order valence-electron chi connectivity index (χ0n) is 12.7. The SMILES string of the molecule is COCCOc1ccc(C(N)C(C)(C)S(C)(=O)=O)cc1Br. The molecule has 0 aliphatic heterocycles. The molecule has 0 aromatic heterocycles. The quantitative estimate of drug-likeness (QED) is 0.735. The summed E-state index contributed by atoms with van der Waals surface area (Å²) >= 11 is 3.41. The van der Waals surface area contributed by atoms with Crippen LogP contribution in [0.25, 0.3) is 0 Å². The van der Waals surface area contributed by atoms with Gasteiger partial charge in [-0.3, -0.25) is 0 Å². The van der Waals surface area contributed by atoms with Gasteiger partial charge in [0.25, 0.3) is 0 Å². The van der Waals surface area contributed by atoms with Crippen molar-refractivity contribution in [2.75, 3.05) is 26.6 Å². The standard InChI is InChI=1S/C14H22BrNO4S/c1-14(2,21(4,17)18)13(16)10-5-6-12(11(15)9-10)20-8-7-19-3/h5-6,9,13H,7-8,16H2,1-4H3.